The second-order valence-corrected chi connectivity index (χ2v) is 19.2. The number of hydrogen-bond donors (Lipinski definition) is 0. The number of benzene rings is 9. The van der Waals surface area contributed by atoms with Gasteiger partial charge in [-0.15, -0.1) is 0 Å². The number of fused-ring (bicyclic) bond motifs is 11. The summed E-state index contributed by atoms with van der Waals surface area (Å²) in [7, 11) is 0. The molecule has 0 amide bonds. The fourth-order valence-corrected chi connectivity index (χ4v) is 13.1. The van der Waals surface area contributed by atoms with E-state index >= 15 is 0 Å². The van der Waals surface area contributed by atoms with Gasteiger partial charge < -0.3 is 0 Å². The van der Waals surface area contributed by atoms with Crippen LogP contribution in [0.25, 0.3) is 88.3 Å². The van der Waals surface area contributed by atoms with Crippen LogP contribution in [-0.2, 0) is 16.2 Å². The minimum absolute atomic E-state index is 0.0546. The molecule has 0 unspecified atom stereocenters. The van der Waals surface area contributed by atoms with E-state index < -0.39 is 0 Å². The van der Waals surface area contributed by atoms with Crippen LogP contribution in [0, 0.1) is 0 Å². The summed E-state index contributed by atoms with van der Waals surface area (Å²) in [4.78, 5) is 0. The van der Waals surface area contributed by atoms with Crippen LogP contribution in [0.1, 0.15) is 101 Å². The Kier molecular flexibility index (Phi) is 8.34. The summed E-state index contributed by atoms with van der Waals surface area (Å²) in [5.74, 6) is 0. The third kappa shape index (κ3) is 5.04. The maximum Gasteiger partial charge on any atom is 0.0210 e. The average molecular weight is 811 g/mol. The largest absolute Gasteiger partial charge is 0.0642 e. The molecule has 0 aliphatic heterocycles. The minimum Gasteiger partial charge on any atom is -0.0642 e. The van der Waals surface area contributed by atoms with Crippen LogP contribution in [0.4, 0.5) is 0 Å². The molecule has 0 heterocycles. The predicted octanol–water partition coefficient (Wildman–Crippen LogP) is 17.5. The van der Waals surface area contributed by atoms with Gasteiger partial charge in [0.05, 0.1) is 0 Å². The number of hydrogen-bond acceptors (Lipinski definition) is 0. The first kappa shape index (κ1) is 38.2. The van der Waals surface area contributed by atoms with E-state index in [1.807, 2.05) is 0 Å². The third-order valence-electron chi connectivity index (χ3n) is 16.5. The Morgan fingerprint density at radius 2 is 0.587 bits per heavy atom. The van der Waals surface area contributed by atoms with Crippen molar-refractivity contribution in [2.45, 2.75) is 83.5 Å². The molecule has 0 saturated carbocycles. The lowest BCUT2D eigenvalue weighted by molar-refractivity contribution is 0.490. The van der Waals surface area contributed by atoms with Gasteiger partial charge in [0.15, 0.2) is 0 Å². The van der Waals surface area contributed by atoms with Crippen LogP contribution >= 0.6 is 0 Å². The average Bonchev–Trinajstić information content (AvgIpc) is 3.87. The Labute approximate surface area is 373 Å². The van der Waals surface area contributed by atoms with Crippen molar-refractivity contribution in [3.05, 3.63) is 203 Å². The molecule has 12 rings (SSSR count). The zero-order valence-electron chi connectivity index (χ0n) is 37.5. The Balaban J connectivity index is 0.999. The molecule has 0 heteroatoms. The molecule has 3 aliphatic rings. The molecule has 3 aliphatic carbocycles. The van der Waals surface area contributed by atoms with Gasteiger partial charge in [-0.1, -0.05) is 187 Å². The molecule has 0 aromatic heterocycles. The van der Waals surface area contributed by atoms with Crippen LogP contribution in [-0.4, -0.2) is 0 Å². The lowest BCUT2D eigenvalue weighted by Crippen LogP contribution is -2.23. The maximum absolute atomic E-state index is 2.58. The van der Waals surface area contributed by atoms with Gasteiger partial charge in [-0.05, 0) is 172 Å². The molecule has 9 aromatic carbocycles. The highest BCUT2D eigenvalue weighted by Gasteiger charge is 2.43. The highest BCUT2D eigenvalue weighted by atomic mass is 14.5. The molecular weight excluding hydrogens is 757 g/mol. The zero-order chi connectivity index (χ0) is 42.8. The standard InChI is InChI=1S/C63H54/c1-7-62(8-2)54-26-18-16-20-44(54)46-31-27-39(35-56(46)62)40-28-32-47-48-34-30-42(38-58(48)63(9-3,10-4)57(47)36-40)60-51-23-13-11-21-49(51)59(50-22-12-14-24-52(50)60)41-29-33-45-43-19-15-17-25-53(43)61(5,6)55(45)37-41/h11-38H,7-10H2,1-6H3. The predicted molar refractivity (Wildman–Crippen MR) is 269 cm³/mol. The summed E-state index contributed by atoms with van der Waals surface area (Å²) in [6.07, 6.45) is 4.29. The van der Waals surface area contributed by atoms with Crippen molar-refractivity contribution in [1.82, 2.24) is 0 Å². The van der Waals surface area contributed by atoms with Gasteiger partial charge in [0.25, 0.3) is 0 Å². The van der Waals surface area contributed by atoms with E-state index in [-0.39, 0.29) is 16.2 Å². The Morgan fingerprint density at radius 3 is 1.03 bits per heavy atom. The van der Waals surface area contributed by atoms with Gasteiger partial charge in [-0.2, -0.15) is 0 Å². The summed E-state index contributed by atoms with van der Waals surface area (Å²) in [5.41, 5.74) is 24.9. The maximum atomic E-state index is 2.58. The van der Waals surface area contributed by atoms with E-state index in [0.717, 1.165) is 25.7 Å². The molecule has 0 N–H and O–H groups in total. The highest BCUT2D eigenvalue weighted by Crippen LogP contribution is 2.57. The minimum atomic E-state index is -0.0827. The van der Waals surface area contributed by atoms with Gasteiger partial charge >= 0.3 is 0 Å². The molecule has 0 bridgehead atoms. The second-order valence-electron chi connectivity index (χ2n) is 19.2. The van der Waals surface area contributed by atoms with E-state index in [9.17, 15) is 0 Å². The molecular formula is C63H54. The van der Waals surface area contributed by atoms with E-state index in [2.05, 4.69) is 211 Å². The van der Waals surface area contributed by atoms with Crippen LogP contribution in [0.3, 0.4) is 0 Å². The monoisotopic (exact) mass is 810 g/mol. The van der Waals surface area contributed by atoms with E-state index in [1.165, 1.54) is 122 Å². The lowest BCUT2D eigenvalue weighted by Gasteiger charge is -2.31. The molecule has 0 saturated heterocycles. The first-order valence-corrected chi connectivity index (χ1v) is 23.5. The summed E-state index contributed by atoms with van der Waals surface area (Å²) < 4.78 is 0. The van der Waals surface area contributed by atoms with Crippen molar-refractivity contribution in [3.63, 3.8) is 0 Å². The summed E-state index contributed by atoms with van der Waals surface area (Å²) >= 11 is 0. The normalized spacial score (nSPS) is 15.5. The van der Waals surface area contributed by atoms with Gasteiger partial charge in [-0.3, -0.25) is 0 Å². The zero-order valence-corrected chi connectivity index (χ0v) is 37.5. The first-order chi connectivity index (χ1) is 30.8. The van der Waals surface area contributed by atoms with Crippen molar-refractivity contribution in [2.24, 2.45) is 0 Å². The van der Waals surface area contributed by atoms with Crippen molar-refractivity contribution in [3.8, 4) is 66.8 Å². The van der Waals surface area contributed by atoms with Crippen molar-refractivity contribution < 1.29 is 0 Å². The quantitative estimate of drug-likeness (QED) is 0.141. The van der Waals surface area contributed by atoms with Crippen LogP contribution < -0.4 is 0 Å². The van der Waals surface area contributed by atoms with E-state index in [0.29, 0.717) is 0 Å². The molecule has 9 aromatic rings. The number of rotatable bonds is 7. The Hall–Kier alpha value is -6.50. The molecule has 0 atom stereocenters. The SMILES string of the molecule is CCC1(CC)c2ccccc2-c2ccc(-c3ccc4c(c3)C(CC)(CC)c3cc(-c5c6ccccc6c(-c6ccc7c(c6)C(C)(C)c6ccccc6-7)c6ccccc56)ccc3-4)cc21. The Bertz CT molecular complexity index is 3310. The fourth-order valence-electron chi connectivity index (χ4n) is 13.1. The summed E-state index contributed by atoms with van der Waals surface area (Å²) in [5, 5.41) is 5.22. The van der Waals surface area contributed by atoms with Crippen LogP contribution in [0.5, 0.6) is 0 Å². The van der Waals surface area contributed by atoms with Crippen LogP contribution in [0.2, 0.25) is 0 Å². The summed E-state index contributed by atoms with van der Waals surface area (Å²) in [6, 6.07) is 65.7. The third-order valence-corrected chi connectivity index (χ3v) is 16.5. The van der Waals surface area contributed by atoms with Gasteiger partial charge in [-0.25, -0.2) is 0 Å². The van der Waals surface area contributed by atoms with Gasteiger partial charge in [0, 0.05) is 16.2 Å². The molecule has 0 nitrogen and oxygen atoms in total. The molecule has 0 spiro atoms. The van der Waals surface area contributed by atoms with Gasteiger partial charge in [0.1, 0.15) is 0 Å². The topological polar surface area (TPSA) is 0 Å². The molecule has 0 radical (unpaired) electrons. The second kappa shape index (κ2) is 13.7. The van der Waals surface area contributed by atoms with Crippen LogP contribution in [0.15, 0.2) is 170 Å². The first-order valence-electron chi connectivity index (χ1n) is 23.5. The van der Waals surface area contributed by atoms with E-state index in [1.54, 1.807) is 0 Å². The smallest absolute Gasteiger partial charge is 0.0210 e. The van der Waals surface area contributed by atoms with Crippen molar-refractivity contribution in [1.29, 1.82) is 0 Å². The van der Waals surface area contributed by atoms with Crippen molar-refractivity contribution >= 4 is 21.5 Å². The van der Waals surface area contributed by atoms with Gasteiger partial charge in [0.2, 0.25) is 0 Å². The molecule has 63 heavy (non-hydrogen) atoms. The van der Waals surface area contributed by atoms with Crippen molar-refractivity contribution in [2.75, 3.05) is 0 Å². The molecule has 306 valence electrons. The fraction of sp³-hybridized carbons (Fsp3) is 0.206. The Morgan fingerprint density at radius 1 is 0.286 bits per heavy atom. The summed E-state index contributed by atoms with van der Waals surface area (Å²) in [6.45, 7) is 14.3. The van der Waals surface area contributed by atoms with E-state index in [4.69, 9.17) is 0 Å². The lowest BCUT2D eigenvalue weighted by atomic mass is 9.72. The highest BCUT2D eigenvalue weighted by molar-refractivity contribution is 6.21. The molecule has 0 fully saturated rings.